The summed E-state index contributed by atoms with van der Waals surface area (Å²) in [5, 5.41) is 4.55. The van der Waals surface area contributed by atoms with Gasteiger partial charge >= 0.3 is 0 Å². The van der Waals surface area contributed by atoms with Gasteiger partial charge in [-0.15, -0.1) is 0 Å². The Kier molecular flexibility index (Phi) is 9.54. The van der Waals surface area contributed by atoms with Crippen LogP contribution in [0, 0.1) is 0 Å². The van der Waals surface area contributed by atoms with E-state index in [2.05, 4.69) is 115 Å². The van der Waals surface area contributed by atoms with E-state index in [-0.39, 0.29) is 12.1 Å². The summed E-state index contributed by atoms with van der Waals surface area (Å²) >= 11 is 0. The molecule has 3 nitrogen and oxygen atoms in total. The molecule has 2 aliphatic carbocycles. The molecule has 3 aromatic rings. The van der Waals surface area contributed by atoms with E-state index >= 15 is 0 Å². The van der Waals surface area contributed by atoms with E-state index in [1.165, 1.54) is 75.3 Å². The van der Waals surface area contributed by atoms with Crippen molar-refractivity contribution in [3.8, 4) is 0 Å². The molecule has 2 atom stereocenters. The first-order valence-electron chi connectivity index (χ1n) is 14.9. The van der Waals surface area contributed by atoms with Crippen LogP contribution in [-0.2, 0) is 0 Å². The van der Waals surface area contributed by atoms with Gasteiger partial charge in [0.15, 0.2) is 0 Å². The van der Waals surface area contributed by atoms with Crippen LogP contribution in [0.4, 0.5) is 5.69 Å². The second-order valence-electron chi connectivity index (χ2n) is 11.6. The monoisotopic (exact) mass is 527 g/mol. The minimum Gasteiger partial charge on any atom is -0.301 e. The summed E-state index contributed by atoms with van der Waals surface area (Å²) in [7, 11) is 2.53. The van der Waals surface area contributed by atoms with E-state index in [9.17, 15) is 0 Å². The Balaban J connectivity index is 1.70. The SMILES string of the molecule is CN(C)[C@H](c1ccccc1)[C@H](NP(=Nc1ccccc1)(C1CCCCC1)C1CCCCC1)c1ccccc1. The predicted octanol–water partition coefficient (Wildman–Crippen LogP) is 9.73. The van der Waals surface area contributed by atoms with Crippen LogP contribution in [0.5, 0.6) is 0 Å². The molecule has 38 heavy (non-hydrogen) atoms. The van der Waals surface area contributed by atoms with Crippen molar-refractivity contribution in [2.75, 3.05) is 14.1 Å². The highest BCUT2D eigenvalue weighted by molar-refractivity contribution is 7.66. The number of rotatable bonds is 9. The molecule has 2 aliphatic rings. The average molecular weight is 528 g/mol. The Morgan fingerprint density at radius 1 is 0.632 bits per heavy atom. The molecule has 0 radical (unpaired) electrons. The smallest absolute Gasteiger partial charge is 0.0629 e. The van der Waals surface area contributed by atoms with Crippen molar-refractivity contribution in [2.45, 2.75) is 87.6 Å². The Labute approximate surface area is 231 Å². The van der Waals surface area contributed by atoms with Crippen molar-refractivity contribution in [2.24, 2.45) is 4.74 Å². The van der Waals surface area contributed by atoms with E-state index in [1.807, 2.05) is 0 Å². The van der Waals surface area contributed by atoms with Crippen LogP contribution in [0.15, 0.2) is 95.7 Å². The first-order chi connectivity index (χ1) is 18.7. The van der Waals surface area contributed by atoms with Crippen molar-refractivity contribution in [3.05, 3.63) is 102 Å². The third-order valence-corrected chi connectivity index (χ3v) is 13.3. The maximum Gasteiger partial charge on any atom is 0.0629 e. The minimum absolute atomic E-state index is 0.165. The van der Waals surface area contributed by atoms with Gasteiger partial charge in [-0.05, 0) is 63.0 Å². The largest absolute Gasteiger partial charge is 0.301 e. The average Bonchev–Trinajstić information content (AvgIpc) is 2.98. The van der Waals surface area contributed by atoms with Gasteiger partial charge < -0.3 is 4.90 Å². The predicted molar refractivity (Wildman–Crippen MR) is 164 cm³/mol. The molecule has 5 rings (SSSR count). The lowest BCUT2D eigenvalue weighted by Gasteiger charge is -2.47. The van der Waals surface area contributed by atoms with Crippen molar-refractivity contribution >= 4 is 12.9 Å². The number of hydrogen-bond acceptors (Lipinski definition) is 2. The molecular formula is C34H46N3P. The first-order valence-corrected chi connectivity index (χ1v) is 16.8. The molecule has 0 bridgehead atoms. The van der Waals surface area contributed by atoms with Gasteiger partial charge in [0, 0.05) is 18.5 Å². The molecule has 0 amide bonds. The van der Waals surface area contributed by atoms with Gasteiger partial charge in [0.1, 0.15) is 0 Å². The topological polar surface area (TPSA) is 27.6 Å². The van der Waals surface area contributed by atoms with Gasteiger partial charge in [0.25, 0.3) is 0 Å². The molecule has 0 aliphatic heterocycles. The fourth-order valence-corrected chi connectivity index (χ4v) is 11.9. The first kappa shape index (κ1) is 27.4. The highest BCUT2D eigenvalue weighted by Crippen LogP contribution is 2.65. The standard InChI is InChI=1S/C34H46N3P/c1-37(2)34(29-20-10-4-11-21-29)33(28-18-8-3-9-19-28)36-38(31-24-14-6-15-25-31,32-26-16-7-17-27-32)35-30-22-12-5-13-23-30/h3-5,8-13,18-23,31-34,36H,6-7,14-17,24-27H2,1-2H3/t33-,34-/m1/s1. The van der Waals surface area contributed by atoms with Gasteiger partial charge in [-0.2, -0.15) is 0 Å². The Bertz CT molecular complexity index is 1130. The van der Waals surface area contributed by atoms with Crippen LogP contribution < -0.4 is 5.09 Å². The molecule has 0 aromatic heterocycles. The van der Waals surface area contributed by atoms with Crippen molar-refractivity contribution < 1.29 is 0 Å². The number of nitrogens with zero attached hydrogens (tertiary/aromatic N) is 2. The molecule has 2 saturated carbocycles. The lowest BCUT2D eigenvalue weighted by Crippen LogP contribution is -2.39. The maximum absolute atomic E-state index is 5.92. The molecule has 1 N–H and O–H groups in total. The fourth-order valence-electron chi connectivity index (χ4n) is 6.99. The van der Waals surface area contributed by atoms with Crippen LogP contribution >= 0.6 is 7.21 Å². The molecule has 4 heteroatoms. The van der Waals surface area contributed by atoms with Gasteiger partial charge in [-0.25, -0.2) is 0 Å². The third-order valence-electron chi connectivity index (χ3n) is 8.82. The van der Waals surface area contributed by atoms with Gasteiger partial charge in [-0.3, -0.25) is 9.83 Å². The summed E-state index contributed by atoms with van der Waals surface area (Å²) in [6, 6.07) is 33.6. The van der Waals surface area contributed by atoms with Crippen LogP contribution in [0.2, 0.25) is 0 Å². The van der Waals surface area contributed by atoms with Crippen molar-refractivity contribution in [1.82, 2.24) is 9.99 Å². The zero-order chi connectivity index (χ0) is 26.2. The van der Waals surface area contributed by atoms with Gasteiger partial charge in [-0.1, -0.05) is 117 Å². The lowest BCUT2D eigenvalue weighted by atomic mass is 9.93. The summed E-state index contributed by atoms with van der Waals surface area (Å²) in [5.74, 6) is 0. The molecule has 3 aromatic carbocycles. The van der Waals surface area contributed by atoms with Crippen LogP contribution in [0.1, 0.15) is 87.4 Å². The molecule has 2 fully saturated rings. The second-order valence-corrected chi connectivity index (χ2v) is 15.0. The van der Waals surface area contributed by atoms with Gasteiger partial charge in [0.2, 0.25) is 0 Å². The number of likely N-dealkylation sites (N-methyl/N-ethyl adjacent to an activating group) is 1. The zero-order valence-corrected chi connectivity index (χ0v) is 24.3. The zero-order valence-electron chi connectivity index (χ0n) is 23.4. The molecule has 0 unspecified atom stereocenters. The van der Waals surface area contributed by atoms with Crippen LogP contribution in [-0.4, -0.2) is 30.3 Å². The van der Waals surface area contributed by atoms with Gasteiger partial charge in [0.05, 0.1) is 17.8 Å². The van der Waals surface area contributed by atoms with E-state index in [1.54, 1.807) is 0 Å². The Morgan fingerprint density at radius 3 is 1.55 bits per heavy atom. The van der Waals surface area contributed by atoms with E-state index in [0.29, 0.717) is 11.3 Å². The summed E-state index contributed by atoms with van der Waals surface area (Å²) < 4.78 is 5.92. The maximum atomic E-state index is 5.92. The number of benzene rings is 3. The molecular weight excluding hydrogens is 481 g/mol. The number of nitrogens with one attached hydrogen (secondary N) is 1. The summed E-state index contributed by atoms with van der Waals surface area (Å²) in [5.41, 5.74) is 5.21. The van der Waals surface area contributed by atoms with Crippen LogP contribution in [0.25, 0.3) is 0 Å². The Morgan fingerprint density at radius 2 is 1.08 bits per heavy atom. The van der Waals surface area contributed by atoms with Crippen molar-refractivity contribution in [1.29, 1.82) is 0 Å². The third kappa shape index (κ3) is 6.33. The normalized spacial score (nSPS) is 19.2. The molecule has 0 saturated heterocycles. The van der Waals surface area contributed by atoms with E-state index in [4.69, 9.17) is 4.74 Å². The number of hydrogen-bond donors (Lipinski definition) is 1. The summed E-state index contributed by atoms with van der Waals surface area (Å²) in [6.07, 6.45) is 13.4. The lowest BCUT2D eigenvalue weighted by molar-refractivity contribution is 0.248. The minimum atomic E-state index is -1.96. The highest BCUT2D eigenvalue weighted by Gasteiger charge is 2.42. The fraction of sp³-hybridized carbons (Fsp3) is 0.471. The van der Waals surface area contributed by atoms with Crippen LogP contribution in [0.3, 0.4) is 0 Å². The molecule has 202 valence electrons. The van der Waals surface area contributed by atoms with E-state index < -0.39 is 7.21 Å². The second kappa shape index (κ2) is 13.2. The van der Waals surface area contributed by atoms with E-state index in [0.717, 1.165) is 5.69 Å². The summed E-state index contributed by atoms with van der Waals surface area (Å²) in [6.45, 7) is 0. The summed E-state index contributed by atoms with van der Waals surface area (Å²) in [4.78, 5) is 2.42. The highest BCUT2D eigenvalue weighted by atomic mass is 31.2. The van der Waals surface area contributed by atoms with Crippen molar-refractivity contribution in [3.63, 3.8) is 0 Å². The quantitative estimate of drug-likeness (QED) is 0.280. The Hall–Kier alpha value is -2.19. The molecule has 0 heterocycles. The molecule has 0 spiro atoms.